The predicted molar refractivity (Wildman–Crippen MR) is 83.9 cm³/mol. The third-order valence-corrected chi connectivity index (χ3v) is 3.91. The molecule has 23 heavy (non-hydrogen) atoms. The van der Waals surface area contributed by atoms with Crippen molar-refractivity contribution in [3.05, 3.63) is 64.7 Å². The fraction of sp³-hybridized carbons (Fsp3) is 0.188. The molecule has 0 bridgehead atoms. The van der Waals surface area contributed by atoms with Crippen molar-refractivity contribution in [1.29, 1.82) is 0 Å². The molecule has 2 atom stereocenters. The molecule has 0 saturated carbocycles. The Morgan fingerprint density at radius 2 is 1.87 bits per heavy atom. The fourth-order valence-corrected chi connectivity index (χ4v) is 2.63. The molecular formula is C16H14ClF2N3O. The number of carbonyl (C=O) groups excluding carboxylic acids is 1. The molecule has 7 heteroatoms. The molecule has 1 aliphatic heterocycles. The minimum Gasteiger partial charge on any atom is -0.322 e. The van der Waals surface area contributed by atoms with Gasteiger partial charge in [0, 0.05) is 11.1 Å². The van der Waals surface area contributed by atoms with Crippen molar-refractivity contribution in [3.8, 4) is 0 Å². The number of nitrogens with one attached hydrogen (secondary N) is 3. The van der Waals surface area contributed by atoms with E-state index in [1.165, 1.54) is 30.3 Å². The van der Waals surface area contributed by atoms with Gasteiger partial charge in [-0.25, -0.2) is 19.6 Å². The number of hydrazine groups is 1. The number of amides is 1. The van der Waals surface area contributed by atoms with E-state index in [1.54, 1.807) is 12.1 Å². The van der Waals surface area contributed by atoms with Gasteiger partial charge in [0.1, 0.15) is 17.7 Å². The molecule has 120 valence electrons. The topological polar surface area (TPSA) is 53.2 Å². The van der Waals surface area contributed by atoms with E-state index in [0.717, 1.165) is 5.56 Å². The summed E-state index contributed by atoms with van der Waals surface area (Å²) in [6, 6.07) is 9.34. The second kappa shape index (κ2) is 6.62. The largest absolute Gasteiger partial charge is 0.322 e. The van der Waals surface area contributed by atoms with Crippen molar-refractivity contribution >= 4 is 23.2 Å². The molecule has 0 aliphatic carbocycles. The number of hydrogen-bond donors (Lipinski definition) is 3. The van der Waals surface area contributed by atoms with Crippen molar-refractivity contribution < 1.29 is 13.6 Å². The maximum absolute atomic E-state index is 13.7. The van der Waals surface area contributed by atoms with Crippen LogP contribution in [0.25, 0.3) is 0 Å². The summed E-state index contributed by atoms with van der Waals surface area (Å²) in [4.78, 5) is 12.2. The van der Waals surface area contributed by atoms with Crippen LogP contribution in [0.4, 0.5) is 14.5 Å². The number of rotatable bonds is 3. The summed E-state index contributed by atoms with van der Waals surface area (Å²) in [7, 11) is 0. The van der Waals surface area contributed by atoms with E-state index in [2.05, 4.69) is 16.2 Å². The maximum atomic E-state index is 13.7. The lowest BCUT2D eigenvalue weighted by molar-refractivity contribution is -0.117. The molecule has 1 amide bonds. The van der Waals surface area contributed by atoms with Crippen LogP contribution in [0.1, 0.15) is 18.0 Å². The number of carbonyl (C=O) groups is 1. The van der Waals surface area contributed by atoms with Crippen LogP contribution in [0.5, 0.6) is 0 Å². The van der Waals surface area contributed by atoms with Gasteiger partial charge in [-0.1, -0.05) is 23.7 Å². The van der Waals surface area contributed by atoms with E-state index in [4.69, 9.17) is 11.6 Å². The SMILES string of the molecule is O=C(Nc1cc(Cl)ccc1F)C1CC(c2ccc(F)cc2)NN1. The maximum Gasteiger partial charge on any atom is 0.243 e. The zero-order chi connectivity index (χ0) is 16.4. The van der Waals surface area contributed by atoms with Crippen LogP contribution in [0.2, 0.25) is 5.02 Å². The molecule has 3 rings (SSSR count). The fourth-order valence-electron chi connectivity index (χ4n) is 2.45. The van der Waals surface area contributed by atoms with Gasteiger partial charge in [-0.3, -0.25) is 4.79 Å². The lowest BCUT2D eigenvalue weighted by atomic mass is 10.0. The van der Waals surface area contributed by atoms with E-state index < -0.39 is 11.9 Å². The highest BCUT2D eigenvalue weighted by Gasteiger charge is 2.30. The minimum absolute atomic E-state index is 0.0366. The number of anilines is 1. The number of halogens is 3. The van der Waals surface area contributed by atoms with Crippen LogP contribution < -0.4 is 16.2 Å². The standard InChI is InChI=1S/C16H14ClF2N3O/c17-10-3-6-12(19)14(7-10)20-16(23)15-8-13(21-22-15)9-1-4-11(18)5-2-9/h1-7,13,15,21-22H,8H2,(H,20,23). The molecule has 0 spiro atoms. The summed E-state index contributed by atoms with van der Waals surface area (Å²) in [6.45, 7) is 0. The molecule has 0 radical (unpaired) electrons. The molecular weight excluding hydrogens is 324 g/mol. The second-order valence-electron chi connectivity index (χ2n) is 5.29. The van der Waals surface area contributed by atoms with Crippen molar-refractivity contribution in [1.82, 2.24) is 10.9 Å². The van der Waals surface area contributed by atoms with Gasteiger partial charge < -0.3 is 5.32 Å². The Bertz CT molecular complexity index is 724. The highest BCUT2D eigenvalue weighted by Crippen LogP contribution is 2.24. The average molecular weight is 338 g/mol. The Morgan fingerprint density at radius 3 is 2.61 bits per heavy atom. The molecule has 3 N–H and O–H groups in total. The molecule has 1 saturated heterocycles. The molecule has 1 heterocycles. The first-order valence-corrected chi connectivity index (χ1v) is 7.43. The van der Waals surface area contributed by atoms with Crippen molar-refractivity contribution in [3.63, 3.8) is 0 Å². The van der Waals surface area contributed by atoms with Crippen LogP contribution in [0.3, 0.4) is 0 Å². The Hall–Kier alpha value is -2.02. The Kier molecular flexibility index (Phi) is 4.56. The van der Waals surface area contributed by atoms with Crippen LogP contribution in [-0.4, -0.2) is 11.9 Å². The Labute approximate surface area is 136 Å². The summed E-state index contributed by atoms with van der Waals surface area (Å²) >= 11 is 5.80. The molecule has 1 aliphatic rings. The van der Waals surface area contributed by atoms with Gasteiger partial charge in [-0.2, -0.15) is 0 Å². The second-order valence-corrected chi connectivity index (χ2v) is 5.73. The van der Waals surface area contributed by atoms with Gasteiger partial charge in [-0.05, 0) is 42.3 Å². The summed E-state index contributed by atoms with van der Waals surface area (Å²) in [5.41, 5.74) is 6.75. The van der Waals surface area contributed by atoms with Gasteiger partial charge in [0.05, 0.1) is 5.69 Å². The first kappa shape index (κ1) is 15.9. The minimum atomic E-state index is -0.552. The highest BCUT2D eigenvalue weighted by molar-refractivity contribution is 6.30. The van der Waals surface area contributed by atoms with Crippen LogP contribution in [0, 0.1) is 11.6 Å². The number of benzene rings is 2. The number of hydrogen-bond acceptors (Lipinski definition) is 3. The summed E-state index contributed by atoms with van der Waals surface area (Å²) in [6.07, 6.45) is 0.458. The monoisotopic (exact) mass is 337 g/mol. The van der Waals surface area contributed by atoms with Gasteiger partial charge in [-0.15, -0.1) is 0 Å². The van der Waals surface area contributed by atoms with E-state index in [-0.39, 0.29) is 23.5 Å². The molecule has 4 nitrogen and oxygen atoms in total. The van der Waals surface area contributed by atoms with Gasteiger partial charge in [0.2, 0.25) is 5.91 Å². The van der Waals surface area contributed by atoms with Crippen LogP contribution >= 0.6 is 11.6 Å². The lowest BCUT2D eigenvalue weighted by Crippen LogP contribution is -2.39. The van der Waals surface area contributed by atoms with E-state index >= 15 is 0 Å². The van der Waals surface area contributed by atoms with Gasteiger partial charge in [0.25, 0.3) is 0 Å². The lowest BCUT2D eigenvalue weighted by Gasteiger charge is -2.11. The van der Waals surface area contributed by atoms with E-state index in [9.17, 15) is 13.6 Å². The van der Waals surface area contributed by atoms with E-state index in [1.807, 2.05) is 0 Å². The smallest absolute Gasteiger partial charge is 0.243 e. The molecule has 1 fully saturated rings. The Morgan fingerprint density at radius 1 is 1.13 bits per heavy atom. The first-order valence-electron chi connectivity index (χ1n) is 7.05. The predicted octanol–water partition coefficient (Wildman–Crippen LogP) is 3.16. The zero-order valence-electron chi connectivity index (χ0n) is 11.9. The van der Waals surface area contributed by atoms with Crippen molar-refractivity contribution in [2.45, 2.75) is 18.5 Å². The normalized spacial score (nSPS) is 20.5. The first-order chi connectivity index (χ1) is 11.0. The summed E-state index contributed by atoms with van der Waals surface area (Å²) < 4.78 is 26.6. The van der Waals surface area contributed by atoms with Gasteiger partial charge >= 0.3 is 0 Å². The van der Waals surface area contributed by atoms with Gasteiger partial charge in [0.15, 0.2) is 0 Å². The van der Waals surface area contributed by atoms with Crippen molar-refractivity contribution in [2.75, 3.05) is 5.32 Å². The molecule has 2 aromatic carbocycles. The van der Waals surface area contributed by atoms with E-state index in [0.29, 0.717) is 11.4 Å². The average Bonchev–Trinajstić information content (AvgIpc) is 3.02. The third kappa shape index (κ3) is 3.67. The molecule has 2 unspecified atom stereocenters. The zero-order valence-corrected chi connectivity index (χ0v) is 12.7. The van der Waals surface area contributed by atoms with Crippen LogP contribution in [0.15, 0.2) is 42.5 Å². The summed E-state index contributed by atoms with van der Waals surface area (Å²) in [5.74, 6) is -1.24. The highest BCUT2D eigenvalue weighted by atomic mass is 35.5. The summed E-state index contributed by atoms with van der Waals surface area (Å²) in [5, 5.41) is 2.85. The van der Waals surface area contributed by atoms with Crippen LogP contribution in [-0.2, 0) is 4.79 Å². The third-order valence-electron chi connectivity index (χ3n) is 3.68. The molecule has 0 aromatic heterocycles. The molecule has 2 aromatic rings. The quantitative estimate of drug-likeness (QED) is 0.806. The van der Waals surface area contributed by atoms with Crippen molar-refractivity contribution in [2.24, 2.45) is 0 Å². The Balaban J connectivity index is 1.65.